The van der Waals surface area contributed by atoms with E-state index in [4.69, 9.17) is 23.2 Å². The molecular formula is C15H18Cl2O. The molecule has 0 saturated heterocycles. The topological polar surface area (TPSA) is 17.1 Å². The predicted octanol–water partition coefficient (Wildman–Crippen LogP) is 4.93. The van der Waals surface area contributed by atoms with Gasteiger partial charge < -0.3 is 0 Å². The summed E-state index contributed by atoms with van der Waals surface area (Å²) in [6.07, 6.45) is 4.80. The fourth-order valence-electron chi connectivity index (χ4n) is 2.59. The van der Waals surface area contributed by atoms with E-state index in [1.807, 2.05) is 0 Å². The summed E-state index contributed by atoms with van der Waals surface area (Å²) in [7, 11) is 0. The van der Waals surface area contributed by atoms with Crippen molar-refractivity contribution in [2.45, 2.75) is 39.0 Å². The third-order valence-corrected chi connectivity index (χ3v) is 4.45. The molecule has 2 rings (SSSR count). The lowest BCUT2D eigenvalue weighted by Crippen LogP contribution is -2.22. The maximum Gasteiger partial charge on any atom is 0.140 e. The molecule has 0 aliphatic heterocycles. The molecule has 1 saturated carbocycles. The molecule has 0 atom stereocenters. The van der Waals surface area contributed by atoms with E-state index in [9.17, 15) is 4.79 Å². The number of Topliss-reactive ketones (excluding diaryl/α,β-unsaturated/α-hetero) is 1. The summed E-state index contributed by atoms with van der Waals surface area (Å²) in [5.41, 5.74) is 0.854. The van der Waals surface area contributed by atoms with E-state index in [-0.39, 0.29) is 5.92 Å². The molecule has 0 radical (unpaired) electrons. The first kappa shape index (κ1) is 13.9. The van der Waals surface area contributed by atoms with Crippen molar-refractivity contribution in [3.8, 4) is 0 Å². The number of ketones is 1. The van der Waals surface area contributed by atoms with Crippen LogP contribution in [0.3, 0.4) is 0 Å². The minimum atomic E-state index is 0.219. The van der Waals surface area contributed by atoms with Gasteiger partial charge in [-0.15, -0.1) is 0 Å². The largest absolute Gasteiger partial charge is 0.299 e. The van der Waals surface area contributed by atoms with Crippen LogP contribution in [0, 0.1) is 11.8 Å². The molecular weight excluding hydrogens is 267 g/mol. The van der Waals surface area contributed by atoms with Gasteiger partial charge in [-0.1, -0.05) is 43.0 Å². The fraction of sp³-hybridized carbons (Fsp3) is 0.533. The van der Waals surface area contributed by atoms with Crippen LogP contribution < -0.4 is 0 Å². The van der Waals surface area contributed by atoms with E-state index in [0.717, 1.165) is 24.3 Å². The summed E-state index contributed by atoms with van der Waals surface area (Å²) in [6, 6.07) is 5.31. The van der Waals surface area contributed by atoms with Crippen molar-refractivity contribution in [3.05, 3.63) is 33.8 Å². The Hall–Kier alpha value is -0.530. The number of hydrogen-bond acceptors (Lipinski definition) is 1. The van der Waals surface area contributed by atoms with Crippen molar-refractivity contribution in [3.63, 3.8) is 0 Å². The quantitative estimate of drug-likeness (QED) is 0.769. The first-order chi connectivity index (χ1) is 8.56. The highest BCUT2D eigenvalue weighted by Crippen LogP contribution is 2.30. The number of carbonyl (C=O) groups excluding carboxylic acids is 1. The molecule has 98 valence electrons. The Morgan fingerprint density at radius 2 is 1.89 bits per heavy atom. The lowest BCUT2D eigenvalue weighted by molar-refractivity contribution is -0.123. The minimum Gasteiger partial charge on any atom is -0.299 e. The summed E-state index contributed by atoms with van der Waals surface area (Å²) in [4.78, 5) is 12.2. The van der Waals surface area contributed by atoms with Crippen molar-refractivity contribution >= 4 is 29.0 Å². The van der Waals surface area contributed by atoms with Gasteiger partial charge in [-0.25, -0.2) is 0 Å². The maximum absolute atomic E-state index is 12.2. The van der Waals surface area contributed by atoms with Gasteiger partial charge in [-0.3, -0.25) is 4.79 Å². The number of rotatable bonds is 3. The monoisotopic (exact) mass is 284 g/mol. The average molecular weight is 285 g/mol. The molecule has 0 unspecified atom stereocenters. The molecule has 0 aromatic heterocycles. The predicted molar refractivity (Wildman–Crippen MR) is 76.3 cm³/mol. The Morgan fingerprint density at radius 1 is 1.22 bits per heavy atom. The Kier molecular flexibility index (Phi) is 4.69. The Balaban J connectivity index is 2.00. The smallest absolute Gasteiger partial charge is 0.140 e. The molecule has 0 heterocycles. The molecule has 1 aliphatic rings. The van der Waals surface area contributed by atoms with Crippen LogP contribution in [0.25, 0.3) is 0 Å². The standard InChI is InChI=1S/C15H18Cl2O/c1-10-2-4-11(5-3-10)15(18)9-12-8-13(16)6-7-14(12)17/h6-8,10-11H,2-5,9H2,1H3. The van der Waals surface area contributed by atoms with Gasteiger partial charge in [-0.2, -0.15) is 0 Å². The first-order valence-electron chi connectivity index (χ1n) is 6.53. The Labute approximate surface area is 118 Å². The lowest BCUT2D eigenvalue weighted by Gasteiger charge is -2.25. The average Bonchev–Trinajstić information content (AvgIpc) is 2.34. The van der Waals surface area contributed by atoms with Crippen LogP contribution in [0.2, 0.25) is 10.0 Å². The number of benzene rings is 1. The first-order valence-corrected chi connectivity index (χ1v) is 7.28. The zero-order valence-electron chi connectivity index (χ0n) is 10.6. The van der Waals surface area contributed by atoms with Gasteiger partial charge in [0.1, 0.15) is 5.78 Å². The zero-order valence-corrected chi connectivity index (χ0v) is 12.1. The second-order valence-electron chi connectivity index (χ2n) is 5.34. The SMILES string of the molecule is CC1CCC(C(=O)Cc2cc(Cl)ccc2Cl)CC1. The van der Waals surface area contributed by atoms with Crippen LogP contribution in [-0.2, 0) is 11.2 Å². The number of hydrogen-bond donors (Lipinski definition) is 0. The third-order valence-electron chi connectivity index (χ3n) is 3.84. The summed E-state index contributed by atoms with van der Waals surface area (Å²) in [6.45, 7) is 2.26. The van der Waals surface area contributed by atoms with Gasteiger partial charge in [0.2, 0.25) is 0 Å². The summed E-state index contributed by atoms with van der Waals surface area (Å²) in [5.74, 6) is 1.30. The van der Waals surface area contributed by atoms with Crippen molar-refractivity contribution in [2.75, 3.05) is 0 Å². The molecule has 0 bridgehead atoms. The molecule has 1 fully saturated rings. The minimum absolute atomic E-state index is 0.219. The maximum atomic E-state index is 12.2. The van der Waals surface area contributed by atoms with E-state index in [2.05, 4.69) is 6.92 Å². The van der Waals surface area contributed by atoms with Gasteiger partial charge in [0, 0.05) is 22.4 Å². The number of halogens is 2. The molecule has 0 N–H and O–H groups in total. The van der Waals surface area contributed by atoms with E-state index in [0.29, 0.717) is 22.2 Å². The summed E-state index contributed by atoms with van der Waals surface area (Å²) < 4.78 is 0. The molecule has 18 heavy (non-hydrogen) atoms. The van der Waals surface area contributed by atoms with Crippen LogP contribution >= 0.6 is 23.2 Å². The van der Waals surface area contributed by atoms with Crippen LogP contribution in [0.15, 0.2) is 18.2 Å². The summed E-state index contributed by atoms with van der Waals surface area (Å²) in [5, 5.41) is 1.27. The van der Waals surface area contributed by atoms with Crippen LogP contribution in [-0.4, -0.2) is 5.78 Å². The highest BCUT2D eigenvalue weighted by atomic mass is 35.5. The highest BCUT2D eigenvalue weighted by Gasteiger charge is 2.24. The normalized spacial score (nSPS) is 23.9. The van der Waals surface area contributed by atoms with Gasteiger partial charge in [0.15, 0.2) is 0 Å². The lowest BCUT2D eigenvalue weighted by atomic mass is 9.80. The van der Waals surface area contributed by atoms with Crippen LogP contribution in [0.1, 0.15) is 38.2 Å². The second-order valence-corrected chi connectivity index (χ2v) is 6.18. The van der Waals surface area contributed by atoms with Crippen molar-refractivity contribution in [1.29, 1.82) is 0 Å². The molecule has 0 amide bonds. The van der Waals surface area contributed by atoms with Crippen molar-refractivity contribution in [1.82, 2.24) is 0 Å². The number of carbonyl (C=O) groups is 1. The molecule has 1 aromatic carbocycles. The molecule has 1 aliphatic carbocycles. The Morgan fingerprint density at radius 3 is 2.56 bits per heavy atom. The third kappa shape index (κ3) is 3.49. The van der Waals surface area contributed by atoms with Crippen molar-refractivity contribution in [2.24, 2.45) is 11.8 Å². The van der Waals surface area contributed by atoms with E-state index >= 15 is 0 Å². The molecule has 1 aromatic rings. The van der Waals surface area contributed by atoms with E-state index in [1.54, 1.807) is 18.2 Å². The van der Waals surface area contributed by atoms with Crippen LogP contribution in [0.5, 0.6) is 0 Å². The van der Waals surface area contributed by atoms with Crippen LogP contribution in [0.4, 0.5) is 0 Å². The van der Waals surface area contributed by atoms with E-state index in [1.165, 1.54) is 12.8 Å². The van der Waals surface area contributed by atoms with Gasteiger partial charge in [0.25, 0.3) is 0 Å². The Bertz CT molecular complexity index is 434. The molecule has 3 heteroatoms. The van der Waals surface area contributed by atoms with Gasteiger partial charge in [-0.05, 0) is 42.5 Å². The van der Waals surface area contributed by atoms with Crippen molar-refractivity contribution < 1.29 is 4.79 Å². The van der Waals surface area contributed by atoms with Gasteiger partial charge >= 0.3 is 0 Å². The summed E-state index contributed by atoms with van der Waals surface area (Å²) >= 11 is 12.0. The highest BCUT2D eigenvalue weighted by molar-refractivity contribution is 6.33. The second kappa shape index (κ2) is 6.08. The van der Waals surface area contributed by atoms with Gasteiger partial charge in [0.05, 0.1) is 0 Å². The molecule has 1 nitrogen and oxygen atoms in total. The zero-order chi connectivity index (χ0) is 13.1. The van der Waals surface area contributed by atoms with E-state index < -0.39 is 0 Å². The fourth-order valence-corrected chi connectivity index (χ4v) is 2.97. The molecule has 0 spiro atoms.